The summed E-state index contributed by atoms with van der Waals surface area (Å²) in [6.45, 7) is 0.341. The highest BCUT2D eigenvalue weighted by Gasteiger charge is 2.26. The maximum atomic E-state index is 12.8. The van der Waals surface area contributed by atoms with Gasteiger partial charge in [-0.05, 0) is 17.7 Å². The Morgan fingerprint density at radius 1 is 1.36 bits per heavy atom. The summed E-state index contributed by atoms with van der Waals surface area (Å²) in [5.74, 6) is 0.219. The Hall–Kier alpha value is -2.15. The SMILES string of the molecule is O=C(C[C@H]1CSc2nccc(=O)n21)NCc1ccc(F)cc1. The smallest absolute Gasteiger partial charge is 0.254 e. The zero-order chi connectivity index (χ0) is 15.5. The first-order chi connectivity index (χ1) is 10.6. The van der Waals surface area contributed by atoms with E-state index >= 15 is 0 Å². The van der Waals surface area contributed by atoms with Crippen molar-refractivity contribution in [2.45, 2.75) is 24.2 Å². The number of benzene rings is 1. The minimum absolute atomic E-state index is 0.133. The molecule has 0 saturated carbocycles. The van der Waals surface area contributed by atoms with Crippen LogP contribution in [0.4, 0.5) is 4.39 Å². The monoisotopic (exact) mass is 319 g/mol. The zero-order valence-corrected chi connectivity index (χ0v) is 12.5. The molecule has 1 aliphatic rings. The van der Waals surface area contributed by atoms with Crippen molar-refractivity contribution in [3.63, 3.8) is 0 Å². The predicted octanol–water partition coefficient (Wildman–Crippen LogP) is 1.74. The van der Waals surface area contributed by atoms with Gasteiger partial charge in [0.2, 0.25) is 5.91 Å². The molecule has 0 spiro atoms. The molecule has 22 heavy (non-hydrogen) atoms. The van der Waals surface area contributed by atoms with Crippen LogP contribution in [0.3, 0.4) is 0 Å². The molecule has 0 aliphatic carbocycles. The number of carbonyl (C=O) groups is 1. The van der Waals surface area contributed by atoms with E-state index < -0.39 is 0 Å². The Balaban J connectivity index is 1.60. The summed E-state index contributed by atoms with van der Waals surface area (Å²) in [6, 6.07) is 7.20. The van der Waals surface area contributed by atoms with Crippen LogP contribution in [0.1, 0.15) is 18.0 Å². The van der Waals surface area contributed by atoms with Crippen molar-refractivity contribution < 1.29 is 9.18 Å². The number of halogens is 1. The fourth-order valence-corrected chi connectivity index (χ4v) is 3.45. The molecular formula is C15H14FN3O2S. The van der Waals surface area contributed by atoms with E-state index in [-0.39, 0.29) is 29.7 Å². The molecule has 1 amide bonds. The van der Waals surface area contributed by atoms with Gasteiger partial charge in [-0.15, -0.1) is 0 Å². The molecule has 5 nitrogen and oxygen atoms in total. The molecule has 1 aromatic heterocycles. The Kier molecular flexibility index (Phi) is 4.24. The van der Waals surface area contributed by atoms with E-state index in [1.807, 2.05) is 0 Å². The summed E-state index contributed by atoms with van der Waals surface area (Å²) in [7, 11) is 0. The molecular weight excluding hydrogens is 305 g/mol. The number of fused-ring (bicyclic) bond motifs is 1. The van der Waals surface area contributed by atoms with E-state index in [0.29, 0.717) is 17.5 Å². The van der Waals surface area contributed by atoms with Gasteiger partial charge in [0.05, 0.1) is 6.04 Å². The molecule has 2 aromatic rings. The minimum Gasteiger partial charge on any atom is -0.352 e. The molecule has 0 unspecified atom stereocenters. The lowest BCUT2D eigenvalue weighted by molar-refractivity contribution is -0.121. The molecule has 1 atom stereocenters. The van der Waals surface area contributed by atoms with Crippen LogP contribution in [0.5, 0.6) is 0 Å². The third-order valence-corrected chi connectivity index (χ3v) is 4.55. The molecule has 0 fully saturated rings. The molecule has 0 radical (unpaired) electrons. The molecule has 0 bridgehead atoms. The van der Waals surface area contributed by atoms with Crippen LogP contribution >= 0.6 is 11.8 Å². The number of nitrogens with one attached hydrogen (secondary N) is 1. The van der Waals surface area contributed by atoms with Gasteiger partial charge in [0, 0.05) is 31.0 Å². The fraction of sp³-hybridized carbons (Fsp3) is 0.267. The zero-order valence-electron chi connectivity index (χ0n) is 11.7. The topological polar surface area (TPSA) is 64.0 Å². The number of nitrogens with zero attached hydrogens (tertiary/aromatic N) is 2. The highest BCUT2D eigenvalue weighted by Crippen LogP contribution is 2.31. The standard InChI is InChI=1S/C15H14FN3O2S/c16-11-3-1-10(2-4-11)8-18-13(20)7-12-9-22-15-17-6-5-14(21)19(12)15/h1-6,12H,7-9H2,(H,18,20)/t12-/m0/s1. The summed E-state index contributed by atoms with van der Waals surface area (Å²) >= 11 is 1.48. The lowest BCUT2D eigenvalue weighted by Crippen LogP contribution is -2.30. The Morgan fingerprint density at radius 2 is 2.14 bits per heavy atom. The van der Waals surface area contributed by atoms with E-state index in [9.17, 15) is 14.0 Å². The summed E-state index contributed by atoms with van der Waals surface area (Å²) < 4.78 is 14.4. The number of hydrogen-bond acceptors (Lipinski definition) is 4. The van der Waals surface area contributed by atoms with Crippen molar-refractivity contribution in [1.29, 1.82) is 0 Å². The van der Waals surface area contributed by atoms with E-state index in [2.05, 4.69) is 10.3 Å². The average Bonchev–Trinajstić information content (AvgIpc) is 2.91. The fourth-order valence-electron chi connectivity index (χ4n) is 2.33. The molecule has 3 rings (SSSR count). The first kappa shape index (κ1) is 14.8. The first-order valence-corrected chi connectivity index (χ1v) is 7.83. The average molecular weight is 319 g/mol. The number of amides is 1. The summed E-state index contributed by atoms with van der Waals surface area (Å²) in [4.78, 5) is 28.0. The van der Waals surface area contributed by atoms with Gasteiger partial charge in [-0.1, -0.05) is 23.9 Å². The Labute approximate surface area is 130 Å². The molecule has 1 aliphatic heterocycles. The minimum atomic E-state index is -0.304. The number of thioether (sulfide) groups is 1. The van der Waals surface area contributed by atoms with Gasteiger partial charge in [0.15, 0.2) is 5.16 Å². The van der Waals surface area contributed by atoms with Crippen LogP contribution < -0.4 is 10.9 Å². The van der Waals surface area contributed by atoms with E-state index in [4.69, 9.17) is 0 Å². The van der Waals surface area contributed by atoms with Crippen molar-refractivity contribution in [3.8, 4) is 0 Å². The summed E-state index contributed by atoms with van der Waals surface area (Å²) in [6.07, 6.45) is 1.71. The second-order valence-corrected chi connectivity index (χ2v) is 5.99. The van der Waals surface area contributed by atoms with Crippen LogP contribution in [0, 0.1) is 5.82 Å². The summed E-state index contributed by atoms with van der Waals surface area (Å²) in [5.41, 5.74) is 0.695. The van der Waals surface area contributed by atoms with Crippen molar-refractivity contribution in [1.82, 2.24) is 14.9 Å². The molecule has 1 aromatic carbocycles. The van der Waals surface area contributed by atoms with Gasteiger partial charge in [0.1, 0.15) is 5.82 Å². The van der Waals surface area contributed by atoms with Crippen LogP contribution in [-0.4, -0.2) is 21.2 Å². The van der Waals surface area contributed by atoms with Crippen LogP contribution in [0.25, 0.3) is 0 Å². The quantitative estimate of drug-likeness (QED) is 0.872. The third-order valence-electron chi connectivity index (χ3n) is 3.44. The molecule has 0 saturated heterocycles. The van der Waals surface area contributed by atoms with Gasteiger partial charge < -0.3 is 5.32 Å². The lowest BCUT2D eigenvalue weighted by atomic mass is 10.2. The van der Waals surface area contributed by atoms with Crippen LogP contribution in [-0.2, 0) is 11.3 Å². The van der Waals surface area contributed by atoms with Gasteiger partial charge in [-0.25, -0.2) is 9.37 Å². The maximum absolute atomic E-state index is 12.8. The predicted molar refractivity (Wildman–Crippen MR) is 81.1 cm³/mol. The second kappa shape index (κ2) is 6.31. The second-order valence-electron chi connectivity index (χ2n) is 5.01. The van der Waals surface area contributed by atoms with Gasteiger partial charge in [-0.3, -0.25) is 14.2 Å². The largest absolute Gasteiger partial charge is 0.352 e. The van der Waals surface area contributed by atoms with Crippen molar-refractivity contribution in [3.05, 3.63) is 58.3 Å². The van der Waals surface area contributed by atoms with Gasteiger partial charge >= 0.3 is 0 Å². The maximum Gasteiger partial charge on any atom is 0.254 e. The number of carbonyl (C=O) groups excluding carboxylic acids is 1. The third kappa shape index (κ3) is 3.19. The highest BCUT2D eigenvalue weighted by atomic mass is 32.2. The van der Waals surface area contributed by atoms with Crippen molar-refractivity contribution in [2.75, 3.05) is 5.75 Å². The van der Waals surface area contributed by atoms with Crippen molar-refractivity contribution >= 4 is 17.7 Å². The Bertz CT molecular complexity index is 745. The van der Waals surface area contributed by atoms with E-state index in [1.165, 1.54) is 36.2 Å². The number of hydrogen-bond donors (Lipinski definition) is 1. The first-order valence-electron chi connectivity index (χ1n) is 6.85. The molecule has 7 heteroatoms. The number of aromatic nitrogens is 2. The van der Waals surface area contributed by atoms with Gasteiger partial charge in [0.25, 0.3) is 5.56 Å². The Morgan fingerprint density at radius 3 is 2.91 bits per heavy atom. The van der Waals surface area contributed by atoms with E-state index in [1.54, 1.807) is 16.7 Å². The van der Waals surface area contributed by atoms with Gasteiger partial charge in [-0.2, -0.15) is 0 Å². The molecule has 114 valence electrons. The highest BCUT2D eigenvalue weighted by molar-refractivity contribution is 7.99. The molecule has 2 heterocycles. The van der Waals surface area contributed by atoms with Crippen molar-refractivity contribution in [2.24, 2.45) is 0 Å². The molecule has 1 N–H and O–H groups in total. The van der Waals surface area contributed by atoms with E-state index in [0.717, 1.165) is 5.56 Å². The number of rotatable bonds is 4. The summed E-state index contributed by atoms with van der Waals surface area (Å²) in [5, 5.41) is 3.45. The van der Waals surface area contributed by atoms with Crippen LogP contribution in [0.2, 0.25) is 0 Å². The normalized spacial score (nSPS) is 16.3. The van der Waals surface area contributed by atoms with Crippen LogP contribution in [0.15, 0.2) is 46.5 Å². The lowest BCUT2D eigenvalue weighted by Gasteiger charge is -2.12.